The zero-order valence-electron chi connectivity index (χ0n) is 25.6. The second-order valence-corrected chi connectivity index (χ2v) is 29.9. The van der Waals surface area contributed by atoms with Crippen LogP contribution in [0.3, 0.4) is 0 Å². The molecule has 234 valence electrons. The summed E-state index contributed by atoms with van der Waals surface area (Å²) in [6.45, 7) is 6.72. The fourth-order valence-electron chi connectivity index (χ4n) is 6.41. The summed E-state index contributed by atoms with van der Waals surface area (Å²) in [5, 5.41) is 0.363. The first kappa shape index (κ1) is 34.1. The fraction of sp³-hybridized carbons (Fsp3) is 0.455. The van der Waals surface area contributed by atoms with Gasteiger partial charge < -0.3 is 0 Å². The van der Waals surface area contributed by atoms with E-state index in [4.69, 9.17) is 11.6 Å². The molecule has 1 aliphatic heterocycles. The van der Waals surface area contributed by atoms with E-state index < -0.39 is 44.5 Å². The van der Waals surface area contributed by atoms with Crippen LogP contribution in [0.5, 0.6) is 0 Å². The molecule has 1 unspecified atom stereocenters. The van der Waals surface area contributed by atoms with Gasteiger partial charge in [-0.25, -0.2) is 0 Å². The molecule has 0 amide bonds. The van der Waals surface area contributed by atoms with Crippen LogP contribution in [0.15, 0.2) is 88.7 Å². The van der Waals surface area contributed by atoms with E-state index in [9.17, 15) is 16.8 Å². The van der Waals surface area contributed by atoms with Gasteiger partial charge in [0, 0.05) is 0 Å². The topological polar surface area (TPSA) is 74.8 Å². The Labute approximate surface area is 268 Å². The number of anilines is 2. The normalized spacial score (nSPS) is 15.9. The van der Waals surface area contributed by atoms with Gasteiger partial charge in [-0.1, -0.05) is 0 Å². The van der Waals surface area contributed by atoms with Gasteiger partial charge >= 0.3 is 270 Å². The summed E-state index contributed by atoms with van der Waals surface area (Å²) in [6, 6.07) is 21.3. The van der Waals surface area contributed by atoms with E-state index in [-0.39, 0.29) is 16.3 Å². The van der Waals surface area contributed by atoms with Crippen molar-refractivity contribution in [1.82, 2.24) is 0 Å². The third kappa shape index (κ3) is 7.74. The fourth-order valence-corrected chi connectivity index (χ4v) is 27.2. The summed E-state index contributed by atoms with van der Waals surface area (Å²) in [5.74, 6) is 0. The van der Waals surface area contributed by atoms with Gasteiger partial charge in [-0.15, -0.1) is 0 Å². The van der Waals surface area contributed by atoms with Crippen molar-refractivity contribution in [3.63, 3.8) is 0 Å². The van der Waals surface area contributed by atoms with Crippen LogP contribution in [-0.2, 0) is 20.0 Å². The SMILES string of the molecule is CCC[CH2][Sn]([CH2]CCC)([CH2]CCC)[CH2]C1CN(S(=O)(=O)c2ccccc2)c2ccc(Cl)cc2N1S(=O)(=O)c1ccccc1. The molecular weight excluding hydrogens is 707 g/mol. The van der Waals surface area contributed by atoms with E-state index in [2.05, 4.69) is 20.8 Å². The van der Waals surface area contributed by atoms with E-state index in [1.54, 1.807) is 78.9 Å². The van der Waals surface area contributed by atoms with Crippen LogP contribution in [0.25, 0.3) is 0 Å². The quantitative estimate of drug-likeness (QED) is 0.145. The Kier molecular flexibility index (Phi) is 11.9. The van der Waals surface area contributed by atoms with Crippen molar-refractivity contribution in [2.24, 2.45) is 0 Å². The van der Waals surface area contributed by atoms with Gasteiger partial charge in [0.2, 0.25) is 0 Å². The van der Waals surface area contributed by atoms with Crippen molar-refractivity contribution in [2.45, 2.75) is 92.9 Å². The van der Waals surface area contributed by atoms with Gasteiger partial charge in [-0.3, -0.25) is 0 Å². The van der Waals surface area contributed by atoms with Crippen LogP contribution in [0.1, 0.15) is 59.3 Å². The molecule has 6 nitrogen and oxygen atoms in total. The van der Waals surface area contributed by atoms with Crippen LogP contribution >= 0.6 is 11.6 Å². The Hall–Kier alpha value is -1.75. The summed E-state index contributed by atoms with van der Waals surface area (Å²) >= 11 is 3.52. The molecule has 0 saturated carbocycles. The van der Waals surface area contributed by atoms with Crippen LogP contribution in [0, 0.1) is 0 Å². The van der Waals surface area contributed by atoms with Crippen LogP contribution in [-0.4, -0.2) is 47.8 Å². The van der Waals surface area contributed by atoms with Crippen molar-refractivity contribution >= 4 is 61.4 Å². The number of benzene rings is 3. The average Bonchev–Trinajstić information content (AvgIpc) is 3.01. The van der Waals surface area contributed by atoms with Crippen molar-refractivity contribution in [1.29, 1.82) is 0 Å². The summed E-state index contributed by atoms with van der Waals surface area (Å²) in [7, 11) is -7.99. The molecular formula is C33H45ClN2O4S2Sn. The third-order valence-electron chi connectivity index (χ3n) is 8.63. The second-order valence-electron chi connectivity index (χ2n) is 11.8. The van der Waals surface area contributed by atoms with Crippen molar-refractivity contribution in [3.8, 4) is 0 Å². The minimum absolute atomic E-state index is 0.0704. The molecule has 1 aliphatic rings. The molecule has 0 aromatic heterocycles. The molecule has 0 aliphatic carbocycles. The van der Waals surface area contributed by atoms with Gasteiger partial charge in [-0.05, 0) is 0 Å². The van der Waals surface area contributed by atoms with E-state index in [0.29, 0.717) is 16.4 Å². The number of hydrogen-bond donors (Lipinski definition) is 0. The average molecular weight is 752 g/mol. The van der Waals surface area contributed by atoms with Crippen molar-refractivity contribution in [3.05, 3.63) is 83.9 Å². The maximum atomic E-state index is 14.6. The number of fused-ring (bicyclic) bond motifs is 1. The van der Waals surface area contributed by atoms with Gasteiger partial charge in [0.15, 0.2) is 0 Å². The molecule has 4 rings (SSSR count). The molecule has 0 saturated heterocycles. The second kappa shape index (κ2) is 15.0. The molecule has 3 aromatic carbocycles. The number of rotatable bonds is 15. The van der Waals surface area contributed by atoms with Crippen LogP contribution < -0.4 is 8.61 Å². The first-order chi connectivity index (χ1) is 20.6. The first-order valence-corrected chi connectivity index (χ1v) is 26.9. The van der Waals surface area contributed by atoms with E-state index in [1.165, 1.54) is 21.9 Å². The van der Waals surface area contributed by atoms with E-state index in [0.717, 1.165) is 43.0 Å². The Morgan fingerprint density at radius 2 is 1.19 bits per heavy atom. The molecule has 0 N–H and O–H groups in total. The number of sulfonamides is 2. The predicted molar refractivity (Wildman–Crippen MR) is 182 cm³/mol. The molecule has 0 bridgehead atoms. The third-order valence-corrected chi connectivity index (χ3v) is 28.5. The van der Waals surface area contributed by atoms with E-state index in [1.807, 2.05) is 0 Å². The Bertz CT molecular complexity index is 1530. The molecule has 1 atom stereocenters. The standard InChI is InChI=1S/C21H18ClN2O4S2.3C4H9.Sn/c1-16-15-23(29(25,26)18-8-4-2-5-9-18)20-13-12-17(22)14-21(20)24(16)30(27,28)19-10-6-3-7-11-19;3*1-3-4-2;/h2-14,16H,1,15H2;3*1,3-4H2,2H3;. The summed E-state index contributed by atoms with van der Waals surface area (Å²) in [6.07, 6.45) is 6.70. The monoisotopic (exact) mass is 752 g/mol. The Balaban J connectivity index is 1.95. The van der Waals surface area contributed by atoms with Gasteiger partial charge in [0.05, 0.1) is 0 Å². The number of hydrogen-bond acceptors (Lipinski definition) is 4. The van der Waals surface area contributed by atoms with Crippen LogP contribution in [0.2, 0.25) is 22.8 Å². The maximum absolute atomic E-state index is 14.6. The Morgan fingerprint density at radius 3 is 1.67 bits per heavy atom. The zero-order chi connectivity index (χ0) is 31.1. The summed E-state index contributed by atoms with van der Waals surface area (Å²) in [4.78, 5) is 0.383. The zero-order valence-corrected chi connectivity index (χ0v) is 30.8. The Morgan fingerprint density at radius 1 is 0.698 bits per heavy atom. The van der Waals surface area contributed by atoms with Gasteiger partial charge in [0.1, 0.15) is 0 Å². The van der Waals surface area contributed by atoms with Crippen molar-refractivity contribution < 1.29 is 16.8 Å². The van der Waals surface area contributed by atoms with Crippen molar-refractivity contribution in [2.75, 3.05) is 15.2 Å². The number of halogens is 1. The van der Waals surface area contributed by atoms with Crippen LogP contribution in [0.4, 0.5) is 11.4 Å². The summed E-state index contributed by atoms with van der Waals surface area (Å²) < 4.78 is 64.9. The molecule has 0 spiro atoms. The molecule has 0 fully saturated rings. The van der Waals surface area contributed by atoms with Gasteiger partial charge in [0.25, 0.3) is 0 Å². The first-order valence-electron chi connectivity index (χ1n) is 15.6. The molecule has 43 heavy (non-hydrogen) atoms. The number of nitrogens with zero attached hydrogens (tertiary/aromatic N) is 2. The van der Waals surface area contributed by atoms with E-state index >= 15 is 0 Å². The molecule has 3 aromatic rings. The number of unbranched alkanes of at least 4 members (excludes halogenated alkanes) is 3. The predicted octanol–water partition coefficient (Wildman–Crippen LogP) is 8.96. The van der Waals surface area contributed by atoms with Gasteiger partial charge in [-0.2, -0.15) is 0 Å². The molecule has 0 radical (unpaired) electrons. The minimum atomic E-state index is -4.02. The summed E-state index contributed by atoms with van der Waals surface area (Å²) in [5.41, 5.74) is 0.661. The molecule has 10 heteroatoms. The molecule has 1 heterocycles.